The van der Waals surface area contributed by atoms with Crippen LogP contribution in [0.2, 0.25) is 0 Å². The number of hydrogen-bond donors (Lipinski definition) is 0. The average molecular weight is 779 g/mol. The van der Waals surface area contributed by atoms with Crippen LogP contribution in [-0.2, 0) is 0 Å². The third-order valence-corrected chi connectivity index (χ3v) is 12.2. The van der Waals surface area contributed by atoms with E-state index in [-0.39, 0.29) is 0 Å². The Kier molecular flexibility index (Phi) is 8.17. The quantitative estimate of drug-likeness (QED) is 0.161. The number of hydrogen-bond acceptors (Lipinski definition) is 2. The highest BCUT2D eigenvalue weighted by molar-refractivity contribution is 6.12. The van der Waals surface area contributed by atoms with Crippen molar-refractivity contribution in [3.63, 3.8) is 0 Å². The molecule has 2 aromatic heterocycles. The van der Waals surface area contributed by atoms with E-state index < -0.39 is 0 Å². The van der Waals surface area contributed by atoms with Crippen molar-refractivity contribution in [3.8, 4) is 39.1 Å². The fourth-order valence-electron chi connectivity index (χ4n) is 9.25. The maximum absolute atomic E-state index is 6.25. The van der Waals surface area contributed by atoms with Gasteiger partial charge in [-0.05, 0) is 123 Å². The van der Waals surface area contributed by atoms with Crippen LogP contribution in [0.4, 0.5) is 17.1 Å². The molecule has 0 amide bonds. The summed E-state index contributed by atoms with van der Waals surface area (Å²) in [5.74, 6) is 0. The summed E-state index contributed by atoms with van der Waals surface area (Å²) in [6.07, 6.45) is 0. The predicted molar refractivity (Wildman–Crippen MR) is 257 cm³/mol. The minimum atomic E-state index is 0.899. The molecule has 10 aromatic carbocycles. The molecule has 2 heterocycles. The molecule has 0 bridgehead atoms. The highest BCUT2D eigenvalue weighted by atomic mass is 16.3. The van der Waals surface area contributed by atoms with Crippen molar-refractivity contribution in [1.82, 2.24) is 4.57 Å². The van der Waals surface area contributed by atoms with Gasteiger partial charge in [-0.3, -0.25) is 0 Å². The topological polar surface area (TPSA) is 21.3 Å². The molecule has 286 valence electrons. The van der Waals surface area contributed by atoms with E-state index >= 15 is 0 Å². The van der Waals surface area contributed by atoms with Crippen LogP contribution >= 0.6 is 0 Å². The van der Waals surface area contributed by atoms with Crippen molar-refractivity contribution in [2.45, 2.75) is 0 Å². The monoisotopic (exact) mass is 778 g/mol. The summed E-state index contributed by atoms with van der Waals surface area (Å²) >= 11 is 0. The first kappa shape index (κ1) is 34.9. The van der Waals surface area contributed by atoms with E-state index in [9.17, 15) is 0 Å². The normalized spacial score (nSPS) is 11.6. The Morgan fingerprint density at radius 3 is 1.59 bits per heavy atom. The number of anilines is 3. The Labute approximate surface area is 353 Å². The number of para-hydroxylation sites is 3. The fourth-order valence-corrected chi connectivity index (χ4v) is 9.25. The molecule has 0 spiro atoms. The number of furan rings is 1. The zero-order chi connectivity index (χ0) is 40.3. The number of aromatic nitrogens is 1. The Balaban J connectivity index is 0.926. The molecular formula is C58H38N2O. The molecule has 0 aliphatic carbocycles. The summed E-state index contributed by atoms with van der Waals surface area (Å²) < 4.78 is 8.61. The lowest BCUT2D eigenvalue weighted by Gasteiger charge is -2.26. The Bertz CT molecular complexity index is 3520. The van der Waals surface area contributed by atoms with Crippen molar-refractivity contribution in [2.75, 3.05) is 4.90 Å². The zero-order valence-electron chi connectivity index (χ0n) is 33.2. The van der Waals surface area contributed by atoms with E-state index in [0.717, 1.165) is 61.4 Å². The lowest BCUT2D eigenvalue weighted by Crippen LogP contribution is -2.10. The van der Waals surface area contributed by atoms with Crippen molar-refractivity contribution in [1.29, 1.82) is 0 Å². The van der Waals surface area contributed by atoms with Crippen LogP contribution in [0.3, 0.4) is 0 Å². The summed E-state index contributed by atoms with van der Waals surface area (Å²) in [5, 5.41) is 7.28. The van der Waals surface area contributed by atoms with Crippen molar-refractivity contribution in [3.05, 3.63) is 231 Å². The maximum atomic E-state index is 6.25. The highest BCUT2D eigenvalue weighted by Crippen LogP contribution is 2.41. The van der Waals surface area contributed by atoms with Crippen molar-refractivity contribution >= 4 is 71.6 Å². The SMILES string of the molecule is c1cc(-c2ccc3ccccc3c2)cc(N(c2ccc(-c3ccc(-n4c5ccccc5c5ccccc54)cc3)cc2)c2ccc(-c3cccc4oc5ccccc5c34)cc2)c1. The average Bonchev–Trinajstić information content (AvgIpc) is 3.88. The lowest BCUT2D eigenvalue weighted by molar-refractivity contribution is 0.669. The standard InChI is InChI=1S/C58H38N2O/c1-2-12-43-37-45(24-23-39(43)11-1)44-13-9-14-49(38-44)59(47-35-29-42(30-36-47)50-18-10-22-57-58(50)53-17-5-8-21-56(53)61-57)46-31-25-40(26-32-46)41-27-33-48(34-28-41)60-54-19-6-3-15-51(54)52-16-4-7-20-55(52)60/h1-38H. The van der Waals surface area contributed by atoms with Crippen LogP contribution in [0, 0.1) is 0 Å². The maximum Gasteiger partial charge on any atom is 0.136 e. The third kappa shape index (κ3) is 5.98. The van der Waals surface area contributed by atoms with Gasteiger partial charge in [0.05, 0.1) is 11.0 Å². The molecule has 3 nitrogen and oxygen atoms in total. The summed E-state index contributed by atoms with van der Waals surface area (Å²) in [6.45, 7) is 0. The fraction of sp³-hybridized carbons (Fsp3) is 0. The third-order valence-electron chi connectivity index (χ3n) is 12.2. The molecule has 0 radical (unpaired) electrons. The molecule has 61 heavy (non-hydrogen) atoms. The van der Waals surface area contributed by atoms with E-state index in [2.05, 4.69) is 228 Å². The molecule has 0 aliphatic rings. The van der Waals surface area contributed by atoms with E-state index in [1.807, 2.05) is 12.1 Å². The largest absolute Gasteiger partial charge is 0.456 e. The second-order valence-corrected chi connectivity index (χ2v) is 15.7. The highest BCUT2D eigenvalue weighted by Gasteiger charge is 2.17. The summed E-state index contributed by atoms with van der Waals surface area (Å²) in [4.78, 5) is 2.36. The van der Waals surface area contributed by atoms with E-state index in [4.69, 9.17) is 4.42 Å². The molecular weight excluding hydrogens is 741 g/mol. The van der Waals surface area contributed by atoms with Crippen molar-refractivity contribution in [2.24, 2.45) is 0 Å². The first-order valence-corrected chi connectivity index (χ1v) is 20.8. The van der Waals surface area contributed by atoms with Gasteiger partial charge < -0.3 is 13.9 Å². The molecule has 3 heteroatoms. The molecule has 0 atom stereocenters. The smallest absolute Gasteiger partial charge is 0.136 e. The van der Waals surface area contributed by atoms with E-state index in [1.54, 1.807) is 0 Å². The Hall–Kier alpha value is -8.14. The van der Waals surface area contributed by atoms with Crippen LogP contribution < -0.4 is 4.90 Å². The molecule has 0 N–H and O–H groups in total. The van der Waals surface area contributed by atoms with Crippen LogP contribution in [-0.4, -0.2) is 4.57 Å². The molecule has 12 rings (SSSR count). The minimum absolute atomic E-state index is 0.899. The van der Waals surface area contributed by atoms with Gasteiger partial charge in [0.2, 0.25) is 0 Å². The van der Waals surface area contributed by atoms with Crippen LogP contribution in [0.25, 0.3) is 93.6 Å². The first-order chi connectivity index (χ1) is 30.2. The molecule has 0 saturated carbocycles. The predicted octanol–water partition coefficient (Wildman–Crippen LogP) is 16.3. The second kappa shape index (κ2) is 14.3. The van der Waals surface area contributed by atoms with Gasteiger partial charge in [0.1, 0.15) is 11.2 Å². The first-order valence-electron chi connectivity index (χ1n) is 20.8. The minimum Gasteiger partial charge on any atom is -0.456 e. The van der Waals surface area contributed by atoms with Crippen LogP contribution in [0.1, 0.15) is 0 Å². The van der Waals surface area contributed by atoms with Gasteiger partial charge >= 0.3 is 0 Å². The number of rotatable bonds is 7. The second-order valence-electron chi connectivity index (χ2n) is 15.7. The van der Waals surface area contributed by atoms with Gasteiger partial charge in [0.15, 0.2) is 0 Å². The van der Waals surface area contributed by atoms with Crippen LogP contribution in [0.15, 0.2) is 235 Å². The number of benzene rings is 10. The molecule has 0 aliphatic heterocycles. The number of nitrogens with zero attached hydrogens (tertiary/aromatic N) is 2. The summed E-state index contributed by atoms with van der Waals surface area (Å²) in [7, 11) is 0. The molecule has 0 unspecified atom stereocenters. The summed E-state index contributed by atoms with van der Waals surface area (Å²) in [5.41, 5.74) is 15.6. The van der Waals surface area contributed by atoms with Gasteiger partial charge in [-0.2, -0.15) is 0 Å². The van der Waals surface area contributed by atoms with Gasteiger partial charge in [0, 0.05) is 44.3 Å². The zero-order valence-corrected chi connectivity index (χ0v) is 33.2. The summed E-state index contributed by atoms with van der Waals surface area (Å²) in [6, 6.07) is 83.0. The number of fused-ring (bicyclic) bond motifs is 7. The van der Waals surface area contributed by atoms with Gasteiger partial charge in [-0.1, -0.05) is 152 Å². The molecule has 0 fully saturated rings. The van der Waals surface area contributed by atoms with E-state index in [1.165, 1.54) is 49.3 Å². The lowest BCUT2D eigenvalue weighted by atomic mass is 9.98. The Morgan fingerprint density at radius 1 is 0.328 bits per heavy atom. The van der Waals surface area contributed by atoms with Gasteiger partial charge in [0.25, 0.3) is 0 Å². The van der Waals surface area contributed by atoms with Gasteiger partial charge in [-0.25, -0.2) is 0 Å². The van der Waals surface area contributed by atoms with Crippen molar-refractivity contribution < 1.29 is 4.42 Å². The van der Waals surface area contributed by atoms with Crippen LogP contribution in [0.5, 0.6) is 0 Å². The van der Waals surface area contributed by atoms with E-state index in [0.29, 0.717) is 0 Å². The van der Waals surface area contributed by atoms with Gasteiger partial charge in [-0.15, -0.1) is 0 Å². The molecule has 0 saturated heterocycles. The Morgan fingerprint density at radius 2 is 0.869 bits per heavy atom. The molecule has 12 aromatic rings.